The maximum atomic E-state index is 11.5. The van der Waals surface area contributed by atoms with Crippen molar-refractivity contribution in [3.8, 4) is 0 Å². The monoisotopic (exact) mass is 390 g/mol. The first-order valence-corrected chi connectivity index (χ1v) is 7.69. The first-order valence-electron chi connectivity index (χ1n) is 6.08. The Balaban J connectivity index is 0.00000289. The Bertz CT molecular complexity index is 359. The molecule has 1 aliphatic heterocycles. The smallest absolute Gasteiger partial charge is 0.214 e. The summed E-state index contributed by atoms with van der Waals surface area (Å²) in [6.07, 6.45) is 2.83. The zero-order chi connectivity index (χ0) is 12.7. The van der Waals surface area contributed by atoms with Crippen molar-refractivity contribution in [1.82, 2.24) is 9.62 Å². The molecule has 0 amide bonds. The number of guanidine groups is 1. The lowest BCUT2D eigenvalue weighted by Crippen LogP contribution is -2.39. The molecular formula is C10H23IN4O2S. The van der Waals surface area contributed by atoms with Crippen molar-refractivity contribution >= 4 is 40.0 Å². The van der Waals surface area contributed by atoms with Crippen LogP contribution in [0.5, 0.6) is 0 Å². The molecule has 1 heterocycles. The van der Waals surface area contributed by atoms with Gasteiger partial charge in [-0.15, -0.1) is 24.0 Å². The Morgan fingerprint density at radius 2 is 2.22 bits per heavy atom. The number of hydrogen-bond acceptors (Lipinski definition) is 3. The minimum Gasteiger partial charge on any atom is -0.370 e. The zero-order valence-corrected chi connectivity index (χ0v) is 13.9. The first kappa shape index (κ1) is 17.9. The average molecular weight is 390 g/mol. The summed E-state index contributed by atoms with van der Waals surface area (Å²) < 4.78 is 24.5. The highest BCUT2D eigenvalue weighted by Gasteiger charge is 2.27. The second-order valence-electron chi connectivity index (χ2n) is 4.12. The van der Waals surface area contributed by atoms with Crippen LogP contribution in [0.15, 0.2) is 4.99 Å². The molecule has 6 nitrogen and oxygen atoms in total. The lowest BCUT2D eigenvalue weighted by Gasteiger charge is -2.14. The molecule has 0 spiro atoms. The molecule has 0 aromatic rings. The Morgan fingerprint density at radius 1 is 1.50 bits per heavy atom. The van der Waals surface area contributed by atoms with Gasteiger partial charge in [0.25, 0.3) is 0 Å². The van der Waals surface area contributed by atoms with E-state index in [0.717, 1.165) is 25.8 Å². The van der Waals surface area contributed by atoms with Gasteiger partial charge in [-0.2, -0.15) is 0 Å². The van der Waals surface area contributed by atoms with Crippen LogP contribution in [0.1, 0.15) is 26.2 Å². The number of nitrogens with zero attached hydrogens (tertiary/aromatic N) is 2. The van der Waals surface area contributed by atoms with Crippen LogP contribution in [-0.4, -0.2) is 50.6 Å². The van der Waals surface area contributed by atoms with Gasteiger partial charge in [-0.05, 0) is 12.8 Å². The number of rotatable bonds is 6. The molecule has 0 atom stereocenters. The van der Waals surface area contributed by atoms with E-state index < -0.39 is 10.0 Å². The number of sulfonamides is 1. The van der Waals surface area contributed by atoms with Crippen LogP contribution in [0, 0.1) is 0 Å². The minimum absolute atomic E-state index is 0. The standard InChI is InChI=1S/C10H22N4O2S.HI/c1-2-3-5-12-10(11)13-6-8-14-7-4-9-17(14,15)16;/h2-9H2,1H3,(H3,11,12,13);1H. The molecule has 1 saturated heterocycles. The summed E-state index contributed by atoms with van der Waals surface area (Å²) >= 11 is 0. The molecule has 1 aliphatic rings. The van der Waals surface area contributed by atoms with Gasteiger partial charge in [-0.1, -0.05) is 13.3 Å². The Labute approximate surface area is 126 Å². The summed E-state index contributed by atoms with van der Waals surface area (Å²) in [6, 6.07) is 0. The predicted molar refractivity (Wildman–Crippen MR) is 84.8 cm³/mol. The number of halogens is 1. The van der Waals surface area contributed by atoms with Gasteiger partial charge in [0.15, 0.2) is 5.96 Å². The predicted octanol–water partition coefficient (Wildman–Crippen LogP) is 0.344. The van der Waals surface area contributed by atoms with Gasteiger partial charge in [-0.3, -0.25) is 4.99 Å². The molecule has 0 bridgehead atoms. The fraction of sp³-hybridized carbons (Fsp3) is 0.900. The third kappa shape index (κ3) is 6.19. The minimum atomic E-state index is -2.99. The van der Waals surface area contributed by atoms with Gasteiger partial charge in [-0.25, -0.2) is 12.7 Å². The van der Waals surface area contributed by atoms with Crippen molar-refractivity contribution in [3.05, 3.63) is 0 Å². The molecule has 3 N–H and O–H groups in total. The number of nitrogens with one attached hydrogen (secondary N) is 1. The van der Waals surface area contributed by atoms with E-state index >= 15 is 0 Å². The normalized spacial score (nSPS) is 19.5. The van der Waals surface area contributed by atoms with Gasteiger partial charge in [0.05, 0.1) is 5.75 Å². The van der Waals surface area contributed by atoms with Gasteiger partial charge in [0.1, 0.15) is 0 Å². The van der Waals surface area contributed by atoms with Crippen molar-refractivity contribution in [2.75, 3.05) is 31.9 Å². The molecule has 108 valence electrons. The summed E-state index contributed by atoms with van der Waals surface area (Å²) in [5.74, 6) is 0.669. The number of unbranched alkanes of at least 4 members (excludes halogenated alkanes) is 1. The van der Waals surface area contributed by atoms with E-state index in [2.05, 4.69) is 17.2 Å². The summed E-state index contributed by atoms with van der Waals surface area (Å²) in [5.41, 5.74) is 5.64. The largest absolute Gasteiger partial charge is 0.370 e. The van der Waals surface area contributed by atoms with E-state index in [-0.39, 0.29) is 29.7 Å². The van der Waals surface area contributed by atoms with Crippen LogP contribution in [0.25, 0.3) is 0 Å². The molecule has 8 heteroatoms. The molecule has 0 aromatic heterocycles. The van der Waals surface area contributed by atoms with E-state index in [1.165, 1.54) is 4.31 Å². The van der Waals surface area contributed by atoms with Crippen LogP contribution in [0.4, 0.5) is 0 Å². The quantitative estimate of drug-likeness (QED) is 0.297. The molecule has 1 rings (SSSR count). The van der Waals surface area contributed by atoms with Crippen molar-refractivity contribution in [2.45, 2.75) is 26.2 Å². The topological polar surface area (TPSA) is 87.8 Å². The summed E-state index contributed by atoms with van der Waals surface area (Å²) in [6.45, 7) is 4.42. The summed E-state index contributed by atoms with van der Waals surface area (Å²) in [7, 11) is -2.99. The Morgan fingerprint density at radius 3 is 2.78 bits per heavy atom. The second kappa shape index (κ2) is 8.92. The maximum Gasteiger partial charge on any atom is 0.214 e. The molecular weight excluding hydrogens is 367 g/mol. The van der Waals surface area contributed by atoms with Crippen molar-refractivity contribution in [1.29, 1.82) is 0 Å². The molecule has 0 aromatic carbocycles. The highest BCUT2D eigenvalue weighted by molar-refractivity contribution is 14.0. The van der Waals surface area contributed by atoms with Crippen LogP contribution >= 0.6 is 24.0 Å². The van der Waals surface area contributed by atoms with E-state index in [1.807, 2.05) is 0 Å². The Hall–Kier alpha value is -0.0900. The zero-order valence-electron chi connectivity index (χ0n) is 10.8. The van der Waals surface area contributed by atoms with Crippen LogP contribution in [0.2, 0.25) is 0 Å². The van der Waals surface area contributed by atoms with Crippen molar-refractivity contribution in [3.63, 3.8) is 0 Å². The van der Waals surface area contributed by atoms with E-state index in [1.54, 1.807) is 0 Å². The Kier molecular flexibility index (Phi) is 8.87. The van der Waals surface area contributed by atoms with Gasteiger partial charge < -0.3 is 11.1 Å². The molecule has 0 saturated carbocycles. The first-order chi connectivity index (χ1) is 8.06. The van der Waals surface area contributed by atoms with Gasteiger partial charge in [0, 0.05) is 26.2 Å². The summed E-state index contributed by atoms with van der Waals surface area (Å²) in [4.78, 5) is 4.13. The average Bonchev–Trinajstić information content (AvgIpc) is 2.59. The van der Waals surface area contributed by atoms with Gasteiger partial charge in [0.2, 0.25) is 10.0 Å². The highest BCUT2D eigenvalue weighted by Crippen LogP contribution is 2.11. The van der Waals surface area contributed by atoms with Crippen LogP contribution < -0.4 is 11.1 Å². The molecule has 0 unspecified atom stereocenters. The van der Waals surface area contributed by atoms with Crippen LogP contribution in [0.3, 0.4) is 0 Å². The number of hydrogen-bond donors (Lipinski definition) is 2. The molecule has 0 aliphatic carbocycles. The van der Waals surface area contributed by atoms with E-state index in [4.69, 9.17) is 5.73 Å². The fourth-order valence-electron chi connectivity index (χ4n) is 1.66. The van der Waals surface area contributed by atoms with Crippen molar-refractivity contribution in [2.24, 2.45) is 10.7 Å². The maximum absolute atomic E-state index is 11.5. The SMILES string of the molecule is CCCCN=C(N)NCCN1CCCS1(=O)=O.I. The summed E-state index contributed by atoms with van der Waals surface area (Å²) in [5, 5.41) is 2.93. The van der Waals surface area contributed by atoms with E-state index in [0.29, 0.717) is 25.6 Å². The molecule has 1 fully saturated rings. The van der Waals surface area contributed by atoms with E-state index in [9.17, 15) is 8.42 Å². The van der Waals surface area contributed by atoms with Crippen molar-refractivity contribution < 1.29 is 8.42 Å². The third-order valence-corrected chi connectivity index (χ3v) is 4.62. The lowest BCUT2D eigenvalue weighted by atomic mass is 10.3. The number of nitrogens with two attached hydrogens (primary N) is 1. The molecule has 0 radical (unpaired) electrons. The lowest BCUT2D eigenvalue weighted by molar-refractivity contribution is 0.445. The number of aliphatic imine (C=N–C) groups is 1. The fourth-order valence-corrected chi connectivity index (χ4v) is 3.19. The van der Waals surface area contributed by atoms with Crippen LogP contribution in [-0.2, 0) is 10.0 Å². The third-order valence-electron chi connectivity index (χ3n) is 2.66. The van der Waals surface area contributed by atoms with Gasteiger partial charge >= 0.3 is 0 Å². The molecule has 18 heavy (non-hydrogen) atoms. The highest BCUT2D eigenvalue weighted by atomic mass is 127. The second-order valence-corrected chi connectivity index (χ2v) is 6.20.